The van der Waals surface area contributed by atoms with E-state index in [-0.39, 0.29) is 6.54 Å². The summed E-state index contributed by atoms with van der Waals surface area (Å²) in [5.41, 5.74) is 6.92. The average molecular weight is 204 g/mol. The second kappa shape index (κ2) is 4.09. The molecule has 0 spiro atoms. The van der Waals surface area contributed by atoms with Crippen LogP contribution in [0.4, 0.5) is 0 Å². The fourth-order valence-corrected chi connectivity index (χ4v) is 1.45. The molecule has 0 aromatic carbocycles. The van der Waals surface area contributed by atoms with Gasteiger partial charge in [-0.25, -0.2) is 0 Å². The van der Waals surface area contributed by atoms with E-state index in [0.717, 1.165) is 11.4 Å². The van der Waals surface area contributed by atoms with Gasteiger partial charge in [0.15, 0.2) is 0 Å². The summed E-state index contributed by atoms with van der Waals surface area (Å²) in [6.45, 7) is 2.07. The molecule has 5 heteroatoms. The zero-order chi connectivity index (χ0) is 10.0. The van der Waals surface area contributed by atoms with Crippen LogP contribution in [0.1, 0.15) is 11.4 Å². The van der Waals surface area contributed by atoms with E-state index in [9.17, 15) is 5.11 Å². The molecule has 0 fully saturated rings. The summed E-state index contributed by atoms with van der Waals surface area (Å²) in [5.74, 6) is 0. The van der Waals surface area contributed by atoms with Crippen molar-refractivity contribution in [3.05, 3.63) is 16.4 Å². The Bertz CT molecular complexity index is 298. The molecule has 74 valence electrons. The van der Waals surface area contributed by atoms with Crippen molar-refractivity contribution in [1.29, 1.82) is 0 Å². The molecule has 1 aromatic heterocycles. The Hall–Kier alpha value is -0.580. The number of hydrogen-bond donors (Lipinski definition) is 2. The molecule has 0 aliphatic heterocycles. The predicted octanol–water partition coefficient (Wildman–Crippen LogP) is 0.244. The number of hydrogen-bond acceptors (Lipinski definition) is 3. The minimum atomic E-state index is -0.549. The third kappa shape index (κ3) is 2.21. The van der Waals surface area contributed by atoms with Gasteiger partial charge in [-0.3, -0.25) is 4.68 Å². The topological polar surface area (TPSA) is 64.1 Å². The zero-order valence-electron chi connectivity index (χ0n) is 7.79. The van der Waals surface area contributed by atoms with E-state index in [4.69, 9.17) is 17.3 Å². The first-order valence-corrected chi connectivity index (χ1v) is 4.50. The van der Waals surface area contributed by atoms with Gasteiger partial charge < -0.3 is 10.8 Å². The summed E-state index contributed by atoms with van der Waals surface area (Å²) in [4.78, 5) is 0. The van der Waals surface area contributed by atoms with E-state index in [1.807, 2.05) is 6.92 Å². The third-order valence-corrected chi connectivity index (χ3v) is 2.45. The number of nitrogens with two attached hydrogens (primary N) is 1. The molecule has 1 unspecified atom stereocenters. The molecule has 13 heavy (non-hydrogen) atoms. The van der Waals surface area contributed by atoms with Crippen LogP contribution < -0.4 is 5.73 Å². The highest BCUT2D eigenvalue weighted by Gasteiger charge is 2.13. The van der Waals surface area contributed by atoms with Gasteiger partial charge in [-0.1, -0.05) is 11.6 Å². The summed E-state index contributed by atoms with van der Waals surface area (Å²) in [5, 5.41) is 14.1. The summed E-state index contributed by atoms with van der Waals surface area (Å²) in [6, 6.07) is 0. The van der Waals surface area contributed by atoms with E-state index in [0.29, 0.717) is 11.4 Å². The van der Waals surface area contributed by atoms with Crippen molar-refractivity contribution in [1.82, 2.24) is 9.78 Å². The fraction of sp³-hybridized carbons (Fsp3) is 0.625. The van der Waals surface area contributed by atoms with Gasteiger partial charge >= 0.3 is 0 Å². The van der Waals surface area contributed by atoms with Gasteiger partial charge in [0, 0.05) is 20.0 Å². The fourth-order valence-electron chi connectivity index (χ4n) is 1.21. The molecule has 0 aliphatic carbocycles. The standard InChI is InChI=1S/C8H14ClN3O/c1-5-8(9)7(12(2)11-5)3-6(13)4-10/h6,13H,3-4,10H2,1-2H3. The van der Waals surface area contributed by atoms with Gasteiger partial charge in [-0.05, 0) is 6.92 Å². The first-order chi connectivity index (χ1) is 6.06. The van der Waals surface area contributed by atoms with Crippen molar-refractivity contribution in [2.75, 3.05) is 6.54 Å². The molecule has 4 nitrogen and oxygen atoms in total. The van der Waals surface area contributed by atoms with Crippen LogP contribution in [0, 0.1) is 6.92 Å². The maximum absolute atomic E-state index is 9.34. The Kier molecular flexibility index (Phi) is 3.30. The predicted molar refractivity (Wildman–Crippen MR) is 51.7 cm³/mol. The van der Waals surface area contributed by atoms with Crippen LogP contribution in [-0.2, 0) is 13.5 Å². The molecule has 1 rings (SSSR count). The van der Waals surface area contributed by atoms with E-state index in [1.165, 1.54) is 0 Å². The van der Waals surface area contributed by atoms with Crippen LogP contribution in [0.3, 0.4) is 0 Å². The van der Waals surface area contributed by atoms with Crippen molar-refractivity contribution in [3.8, 4) is 0 Å². The average Bonchev–Trinajstić information content (AvgIpc) is 2.32. The van der Waals surface area contributed by atoms with Crippen LogP contribution >= 0.6 is 11.6 Å². The van der Waals surface area contributed by atoms with Crippen molar-refractivity contribution in [2.24, 2.45) is 12.8 Å². The zero-order valence-corrected chi connectivity index (χ0v) is 8.54. The number of aliphatic hydroxyl groups is 1. The highest BCUT2D eigenvalue weighted by molar-refractivity contribution is 6.31. The van der Waals surface area contributed by atoms with Gasteiger partial charge in [-0.2, -0.15) is 5.10 Å². The molecular weight excluding hydrogens is 190 g/mol. The lowest BCUT2D eigenvalue weighted by molar-refractivity contribution is 0.181. The second-order valence-corrected chi connectivity index (χ2v) is 3.44. The van der Waals surface area contributed by atoms with Crippen LogP contribution in [0.2, 0.25) is 5.02 Å². The lowest BCUT2D eigenvalue weighted by Crippen LogP contribution is -2.23. The maximum atomic E-state index is 9.34. The Labute approximate surface area is 82.3 Å². The van der Waals surface area contributed by atoms with Crippen molar-refractivity contribution < 1.29 is 5.11 Å². The molecule has 0 bridgehead atoms. The molecule has 0 amide bonds. The molecule has 1 atom stereocenters. The van der Waals surface area contributed by atoms with E-state index in [1.54, 1.807) is 11.7 Å². The van der Waals surface area contributed by atoms with Gasteiger partial charge in [-0.15, -0.1) is 0 Å². The van der Waals surface area contributed by atoms with Crippen molar-refractivity contribution >= 4 is 11.6 Å². The van der Waals surface area contributed by atoms with Crippen molar-refractivity contribution in [3.63, 3.8) is 0 Å². The SMILES string of the molecule is Cc1nn(C)c(CC(O)CN)c1Cl. The highest BCUT2D eigenvalue weighted by Crippen LogP contribution is 2.20. The molecule has 0 radical (unpaired) electrons. The molecule has 3 N–H and O–H groups in total. The molecule has 0 saturated heterocycles. The van der Waals surface area contributed by atoms with Gasteiger partial charge in [0.05, 0.1) is 22.5 Å². The lowest BCUT2D eigenvalue weighted by Gasteiger charge is -2.07. The second-order valence-electron chi connectivity index (χ2n) is 3.06. The monoisotopic (exact) mass is 203 g/mol. The number of aromatic nitrogens is 2. The van der Waals surface area contributed by atoms with Gasteiger partial charge in [0.2, 0.25) is 0 Å². The van der Waals surface area contributed by atoms with E-state index in [2.05, 4.69) is 5.10 Å². The van der Waals surface area contributed by atoms with Crippen LogP contribution in [0.15, 0.2) is 0 Å². The molecule has 1 aromatic rings. The van der Waals surface area contributed by atoms with Gasteiger partial charge in [0.1, 0.15) is 0 Å². The lowest BCUT2D eigenvalue weighted by atomic mass is 10.2. The van der Waals surface area contributed by atoms with E-state index >= 15 is 0 Å². The minimum Gasteiger partial charge on any atom is -0.391 e. The molecule has 0 saturated carbocycles. The summed E-state index contributed by atoms with van der Waals surface area (Å²) in [7, 11) is 1.80. The highest BCUT2D eigenvalue weighted by atomic mass is 35.5. The number of halogens is 1. The Balaban J connectivity index is 2.87. The van der Waals surface area contributed by atoms with Crippen molar-refractivity contribution in [2.45, 2.75) is 19.4 Å². The smallest absolute Gasteiger partial charge is 0.0847 e. The summed E-state index contributed by atoms with van der Waals surface area (Å²) in [6.07, 6.45) is -0.0977. The van der Waals surface area contributed by atoms with Crippen LogP contribution in [-0.4, -0.2) is 27.5 Å². The first kappa shape index (κ1) is 10.5. The van der Waals surface area contributed by atoms with E-state index < -0.39 is 6.10 Å². The number of rotatable bonds is 3. The Morgan fingerprint density at radius 2 is 2.31 bits per heavy atom. The normalized spacial score (nSPS) is 13.3. The Morgan fingerprint density at radius 1 is 1.69 bits per heavy atom. The van der Waals surface area contributed by atoms with Crippen LogP contribution in [0.5, 0.6) is 0 Å². The van der Waals surface area contributed by atoms with Gasteiger partial charge in [0.25, 0.3) is 0 Å². The molecule has 1 heterocycles. The number of aliphatic hydroxyl groups excluding tert-OH is 1. The quantitative estimate of drug-likeness (QED) is 0.740. The molecule has 0 aliphatic rings. The third-order valence-electron chi connectivity index (χ3n) is 1.96. The molecular formula is C8H14ClN3O. The summed E-state index contributed by atoms with van der Waals surface area (Å²) >= 11 is 5.98. The Morgan fingerprint density at radius 3 is 2.69 bits per heavy atom. The maximum Gasteiger partial charge on any atom is 0.0847 e. The summed E-state index contributed by atoms with van der Waals surface area (Å²) < 4.78 is 1.68. The number of nitrogens with zero attached hydrogens (tertiary/aromatic N) is 2. The minimum absolute atomic E-state index is 0.237. The largest absolute Gasteiger partial charge is 0.391 e. The first-order valence-electron chi connectivity index (χ1n) is 4.12. The van der Waals surface area contributed by atoms with Crippen LogP contribution in [0.25, 0.3) is 0 Å². The number of aryl methyl sites for hydroxylation is 2.